The van der Waals surface area contributed by atoms with E-state index in [9.17, 15) is 18.1 Å². The molecule has 0 aliphatic carbocycles. The van der Waals surface area contributed by atoms with Crippen LogP contribution in [0.2, 0.25) is 0 Å². The number of benzene rings is 2. The van der Waals surface area contributed by atoms with Gasteiger partial charge < -0.3 is 5.11 Å². The van der Waals surface area contributed by atoms with E-state index in [4.69, 9.17) is 0 Å². The number of hydrogen-bond acceptors (Lipinski definition) is 3. The van der Waals surface area contributed by atoms with E-state index in [1.54, 1.807) is 24.3 Å². The molecule has 4 nitrogen and oxygen atoms in total. The molecule has 0 heterocycles. The second-order valence-corrected chi connectivity index (χ2v) is 9.43. The molecule has 0 saturated heterocycles. The first-order valence-electron chi connectivity index (χ1n) is 11.2. The van der Waals surface area contributed by atoms with E-state index in [0.717, 1.165) is 19.3 Å². The minimum Gasteiger partial charge on any atom is -0.507 e. The highest BCUT2D eigenvalue weighted by Gasteiger charge is 2.18. The van der Waals surface area contributed by atoms with E-state index in [1.165, 1.54) is 63.9 Å². The van der Waals surface area contributed by atoms with Gasteiger partial charge >= 0.3 is 0 Å². The molecule has 0 spiro atoms. The van der Waals surface area contributed by atoms with Crippen molar-refractivity contribution in [3.05, 3.63) is 35.9 Å². The zero-order valence-electron chi connectivity index (χ0n) is 17.7. The van der Waals surface area contributed by atoms with Crippen LogP contribution in [0, 0.1) is 0 Å². The Morgan fingerprint density at radius 1 is 0.759 bits per heavy atom. The summed E-state index contributed by atoms with van der Waals surface area (Å²) < 4.78 is 33.1. The lowest BCUT2D eigenvalue weighted by Crippen LogP contribution is -2.01. The molecule has 0 aliphatic rings. The summed E-state index contributed by atoms with van der Waals surface area (Å²) in [5, 5.41) is 11.4. The third-order valence-corrected chi connectivity index (χ3v) is 6.53. The van der Waals surface area contributed by atoms with Crippen LogP contribution >= 0.6 is 0 Å². The molecule has 2 aromatic rings. The Morgan fingerprint density at radius 3 is 1.76 bits per heavy atom. The molecule has 0 aliphatic heterocycles. The number of phenolic OH excluding ortho intramolecular Hbond substituents is 1. The van der Waals surface area contributed by atoms with Crippen molar-refractivity contribution in [2.45, 2.75) is 95.3 Å². The molecule has 5 heteroatoms. The van der Waals surface area contributed by atoms with Crippen LogP contribution in [0.3, 0.4) is 0 Å². The first-order valence-corrected chi connectivity index (χ1v) is 12.6. The van der Waals surface area contributed by atoms with Crippen molar-refractivity contribution >= 4 is 20.9 Å². The van der Waals surface area contributed by atoms with Crippen molar-refractivity contribution in [2.75, 3.05) is 0 Å². The largest absolute Gasteiger partial charge is 0.507 e. The van der Waals surface area contributed by atoms with Gasteiger partial charge in [0, 0.05) is 10.8 Å². The second kappa shape index (κ2) is 12.2. The Kier molecular flexibility index (Phi) is 9.95. The second-order valence-electron chi connectivity index (χ2n) is 8.04. The van der Waals surface area contributed by atoms with Crippen LogP contribution in [0.5, 0.6) is 5.75 Å². The summed E-state index contributed by atoms with van der Waals surface area (Å²) in [5.41, 5.74) is 0.586. The van der Waals surface area contributed by atoms with E-state index < -0.39 is 10.1 Å². The molecule has 0 radical (unpaired) electrons. The van der Waals surface area contributed by atoms with Gasteiger partial charge in [-0.3, -0.25) is 4.55 Å². The summed E-state index contributed by atoms with van der Waals surface area (Å²) in [4.78, 5) is -0.125. The quantitative estimate of drug-likeness (QED) is 0.254. The smallest absolute Gasteiger partial charge is 0.295 e. The minimum atomic E-state index is -4.34. The Labute approximate surface area is 176 Å². The number of phenols is 1. The lowest BCUT2D eigenvalue weighted by molar-refractivity contribution is 0.470. The number of aromatic hydroxyl groups is 1. The van der Waals surface area contributed by atoms with Gasteiger partial charge in [0.15, 0.2) is 0 Å². The molecule has 0 aromatic heterocycles. The Hall–Kier alpha value is -1.59. The van der Waals surface area contributed by atoms with Gasteiger partial charge in [0.05, 0.1) is 0 Å². The molecule has 0 atom stereocenters. The summed E-state index contributed by atoms with van der Waals surface area (Å²) in [5.74, 6) is 0.121. The summed E-state index contributed by atoms with van der Waals surface area (Å²) in [6.07, 6.45) is 15.7. The van der Waals surface area contributed by atoms with Gasteiger partial charge in [0.25, 0.3) is 10.1 Å². The monoisotopic (exact) mass is 420 g/mol. The van der Waals surface area contributed by atoms with Crippen molar-refractivity contribution in [1.82, 2.24) is 0 Å². The average molecular weight is 421 g/mol. The third kappa shape index (κ3) is 7.63. The summed E-state index contributed by atoms with van der Waals surface area (Å²) in [7, 11) is -4.34. The molecule has 0 fully saturated rings. The van der Waals surface area contributed by atoms with E-state index >= 15 is 0 Å². The molecular formula is C24H36O4S. The molecule has 29 heavy (non-hydrogen) atoms. The maximum Gasteiger partial charge on any atom is 0.295 e. The van der Waals surface area contributed by atoms with Gasteiger partial charge in [-0.25, -0.2) is 0 Å². The Morgan fingerprint density at radius 2 is 1.24 bits per heavy atom. The van der Waals surface area contributed by atoms with Crippen LogP contribution in [0.1, 0.15) is 89.5 Å². The van der Waals surface area contributed by atoms with Crippen molar-refractivity contribution in [2.24, 2.45) is 0 Å². The number of fused-ring (bicyclic) bond motifs is 1. The normalized spacial score (nSPS) is 11.9. The topological polar surface area (TPSA) is 74.6 Å². The molecule has 2 N–H and O–H groups in total. The highest BCUT2D eigenvalue weighted by molar-refractivity contribution is 7.86. The third-order valence-electron chi connectivity index (χ3n) is 5.63. The van der Waals surface area contributed by atoms with Crippen LogP contribution in [0.15, 0.2) is 35.2 Å². The van der Waals surface area contributed by atoms with Crippen molar-refractivity contribution in [3.8, 4) is 5.75 Å². The van der Waals surface area contributed by atoms with Gasteiger partial charge in [-0.1, -0.05) is 102 Å². The van der Waals surface area contributed by atoms with E-state index in [0.29, 0.717) is 22.8 Å². The lowest BCUT2D eigenvalue weighted by Gasteiger charge is -2.11. The van der Waals surface area contributed by atoms with Crippen LogP contribution in [0.4, 0.5) is 0 Å². The zero-order valence-corrected chi connectivity index (χ0v) is 18.5. The fraction of sp³-hybridized carbons (Fsp3) is 0.583. The van der Waals surface area contributed by atoms with E-state index in [1.807, 2.05) is 0 Å². The first kappa shape index (κ1) is 23.7. The molecular weight excluding hydrogens is 384 g/mol. The fourth-order valence-electron chi connectivity index (χ4n) is 3.94. The van der Waals surface area contributed by atoms with Crippen LogP contribution < -0.4 is 0 Å². The number of hydrogen-bond donors (Lipinski definition) is 2. The SMILES string of the molecule is CCCCCCCCCCCCCCc1cc(S(=O)(=O)O)c2ccccc2c1O. The van der Waals surface area contributed by atoms with Crippen LogP contribution in [0.25, 0.3) is 10.8 Å². The summed E-state index contributed by atoms with van der Waals surface area (Å²) in [6.45, 7) is 2.24. The van der Waals surface area contributed by atoms with Crippen molar-refractivity contribution in [1.29, 1.82) is 0 Å². The molecule has 0 amide bonds. The molecule has 162 valence electrons. The number of aryl methyl sites for hydroxylation is 1. The highest BCUT2D eigenvalue weighted by Crippen LogP contribution is 2.34. The maximum absolute atomic E-state index is 11.8. The standard InChI is InChI=1S/C24H36O4S/c1-2-3-4-5-6-7-8-9-10-11-12-13-16-20-19-23(29(26,27)28)21-17-14-15-18-22(21)24(20)25/h14-15,17-19,25H,2-13,16H2,1H3,(H,26,27,28). The summed E-state index contributed by atoms with van der Waals surface area (Å²) in [6, 6.07) is 8.16. The first-order chi connectivity index (χ1) is 13.9. The zero-order chi connectivity index (χ0) is 21.1. The van der Waals surface area contributed by atoms with Crippen molar-refractivity contribution in [3.63, 3.8) is 0 Å². The molecule has 0 unspecified atom stereocenters. The van der Waals surface area contributed by atoms with Gasteiger partial charge in [0.1, 0.15) is 10.6 Å². The predicted molar refractivity (Wildman–Crippen MR) is 120 cm³/mol. The van der Waals surface area contributed by atoms with E-state index in [2.05, 4.69) is 6.92 Å². The van der Waals surface area contributed by atoms with Gasteiger partial charge in [-0.2, -0.15) is 8.42 Å². The summed E-state index contributed by atoms with van der Waals surface area (Å²) >= 11 is 0. The minimum absolute atomic E-state index is 0.121. The van der Waals surface area contributed by atoms with Crippen LogP contribution in [-0.4, -0.2) is 18.1 Å². The predicted octanol–water partition coefficient (Wildman–Crippen LogP) is 7.04. The molecule has 0 saturated carbocycles. The van der Waals surface area contributed by atoms with Crippen LogP contribution in [-0.2, 0) is 16.5 Å². The number of rotatable bonds is 14. The van der Waals surface area contributed by atoms with Crippen molar-refractivity contribution < 1.29 is 18.1 Å². The average Bonchev–Trinajstić information content (AvgIpc) is 2.69. The van der Waals surface area contributed by atoms with Gasteiger partial charge in [-0.05, 0) is 24.5 Å². The fourth-order valence-corrected chi connectivity index (χ4v) is 4.69. The van der Waals surface area contributed by atoms with E-state index in [-0.39, 0.29) is 10.6 Å². The lowest BCUT2D eigenvalue weighted by atomic mass is 10.00. The highest BCUT2D eigenvalue weighted by atomic mass is 32.2. The molecule has 2 aromatic carbocycles. The molecule has 0 bridgehead atoms. The van der Waals surface area contributed by atoms with Gasteiger partial charge in [-0.15, -0.1) is 0 Å². The maximum atomic E-state index is 11.8. The van der Waals surface area contributed by atoms with Gasteiger partial charge in [0.2, 0.25) is 0 Å². The molecule has 2 rings (SSSR count). The Balaban J connectivity index is 1.76. The number of unbranched alkanes of at least 4 members (excludes halogenated alkanes) is 11. The Bertz CT molecular complexity index is 859.